The molecule has 14 heavy (non-hydrogen) atoms. The summed E-state index contributed by atoms with van der Waals surface area (Å²) in [6.07, 6.45) is -6.19. The van der Waals surface area contributed by atoms with E-state index >= 15 is 0 Å². The van der Waals surface area contributed by atoms with Gasteiger partial charge in [-0.1, -0.05) is 0 Å². The van der Waals surface area contributed by atoms with E-state index in [9.17, 15) is 22.8 Å². The Morgan fingerprint density at radius 2 is 1.93 bits per heavy atom. The molecule has 0 aromatic heterocycles. The second kappa shape index (κ2) is 4.83. The van der Waals surface area contributed by atoms with E-state index in [1.54, 1.807) is 0 Å². The molecule has 0 heterocycles. The summed E-state index contributed by atoms with van der Waals surface area (Å²) in [5.74, 6) is -5.83. The number of carbonyl (C=O) groups is 2. The molecule has 0 aliphatic rings. The second-order valence-electron chi connectivity index (χ2n) is 2.44. The predicted molar refractivity (Wildman–Crippen MR) is 38.4 cm³/mol. The molecule has 0 aliphatic carbocycles. The van der Waals surface area contributed by atoms with Crippen LogP contribution in [0.1, 0.15) is 13.3 Å². The van der Waals surface area contributed by atoms with Crippen LogP contribution in [0.5, 0.6) is 0 Å². The van der Waals surface area contributed by atoms with Gasteiger partial charge in [0.2, 0.25) is 0 Å². The molecular formula is C7H9F3O4. The summed E-state index contributed by atoms with van der Waals surface area (Å²) in [4.78, 5) is 20.8. The van der Waals surface area contributed by atoms with Crippen LogP contribution in [0.4, 0.5) is 13.2 Å². The minimum atomic E-state index is -4.88. The first-order valence-corrected chi connectivity index (χ1v) is 3.74. The Labute approximate surface area is 77.7 Å². The Morgan fingerprint density at radius 3 is 2.21 bits per heavy atom. The van der Waals surface area contributed by atoms with Crippen molar-refractivity contribution in [2.75, 3.05) is 6.61 Å². The van der Waals surface area contributed by atoms with Crippen LogP contribution in [0, 0.1) is 5.92 Å². The molecule has 0 unspecified atom stereocenters. The topological polar surface area (TPSA) is 63.6 Å². The SMILES string of the molecule is CCOC(=O)[C@@H](CC(=O)O)C(F)(F)F. The van der Waals surface area contributed by atoms with Gasteiger partial charge in [0.15, 0.2) is 5.92 Å². The minimum Gasteiger partial charge on any atom is -0.481 e. The van der Waals surface area contributed by atoms with Gasteiger partial charge in [0.1, 0.15) is 0 Å². The van der Waals surface area contributed by atoms with E-state index in [1.807, 2.05) is 0 Å². The molecular weight excluding hydrogens is 205 g/mol. The van der Waals surface area contributed by atoms with Gasteiger partial charge in [-0.3, -0.25) is 9.59 Å². The molecule has 0 saturated carbocycles. The van der Waals surface area contributed by atoms with Gasteiger partial charge >= 0.3 is 18.1 Å². The maximum Gasteiger partial charge on any atom is 0.402 e. The summed E-state index contributed by atoms with van der Waals surface area (Å²) in [5.41, 5.74) is 0. The van der Waals surface area contributed by atoms with Gasteiger partial charge in [-0.25, -0.2) is 0 Å². The van der Waals surface area contributed by atoms with Crippen molar-refractivity contribution < 1.29 is 32.6 Å². The molecule has 1 N–H and O–H groups in total. The molecule has 0 radical (unpaired) electrons. The van der Waals surface area contributed by atoms with E-state index in [0.717, 1.165) is 0 Å². The van der Waals surface area contributed by atoms with E-state index in [0.29, 0.717) is 0 Å². The zero-order chi connectivity index (χ0) is 11.4. The average molecular weight is 214 g/mol. The van der Waals surface area contributed by atoms with Crippen molar-refractivity contribution in [3.63, 3.8) is 0 Å². The van der Waals surface area contributed by atoms with Crippen LogP contribution in [0.15, 0.2) is 0 Å². The Balaban J connectivity index is 4.55. The summed E-state index contributed by atoms with van der Waals surface area (Å²) in [7, 11) is 0. The third-order valence-electron chi connectivity index (χ3n) is 1.34. The van der Waals surface area contributed by atoms with Crippen LogP contribution in [0.2, 0.25) is 0 Å². The highest BCUT2D eigenvalue weighted by molar-refractivity contribution is 5.79. The maximum atomic E-state index is 12.1. The summed E-state index contributed by atoms with van der Waals surface area (Å²) >= 11 is 0. The lowest BCUT2D eigenvalue weighted by Crippen LogP contribution is -2.34. The van der Waals surface area contributed by atoms with Crippen LogP contribution >= 0.6 is 0 Å². The molecule has 0 amide bonds. The average Bonchev–Trinajstić information content (AvgIpc) is 1.98. The van der Waals surface area contributed by atoms with Crippen molar-refractivity contribution in [1.82, 2.24) is 0 Å². The molecule has 4 nitrogen and oxygen atoms in total. The van der Waals surface area contributed by atoms with Gasteiger partial charge in [0, 0.05) is 0 Å². The number of rotatable bonds is 4. The summed E-state index contributed by atoms with van der Waals surface area (Å²) in [6, 6.07) is 0. The fourth-order valence-electron chi connectivity index (χ4n) is 0.750. The quantitative estimate of drug-likeness (QED) is 0.714. The summed E-state index contributed by atoms with van der Waals surface area (Å²) in [5, 5.41) is 8.16. The third-order valence-corrected chi connectivity index (χ3v) is 1.34. The van der Waals surface area contributed by atoms with Crippen LogP contribution in [0.25, 0.3) is 0 Å². The largest absolute Gasteiger partial charge is 0.481 e. The summed E-state index contributed by atoms with van der Waals surface area (Å²) in [6.45, 7) is 1.12. The third kappa shape index (κ3) is 4.11. The molecule has 0 aliphatic heterocycles. The Kier molecular flexibility index (Phi) is 4.39. The van der Waals surface area contributed by atoms with Crippen molar-refractivity contribution in [1.29, 1.82) is 0 Å². The number of carboxylic acids is 1. The van der Waals surface area contributed by atoms with Crippen LogP contribution in [-0.2, 0) is 14.3 Å². The predicted octanol–water partition coefficient (Wildman–Crippen LogP) is 1.20. The standard InChI is InChI=1S/C7H9F3O4/c1-2-14-6(13)4(3-5(11)12)7(8,9)10/h4H,2-3H2,1H3,(H,11,12)/t4-/m1/s1. The molecule has 0 saturated heterocycles. The highest BCUT2D eigenvalue weighted by Gasteiger charge is 2.47. The van der Waals surface area contributed by atoms with E-state index in [2.05, 4.69) is 4.74 Å². The number of aliphatic carboxylic acids is 1. The minimum absolute atomic E-state index is 0.217. The fraction of sp³-hybridized carbons (Fsp3) is 0.714. The number of carbonyl (C=O) groups excluding carboxylic acids is 1. The molecule has 82 valence electrons. The molecule has 1 atom stereocenters. The molecule has 7 heteroatoms. The highest BCUT2D eigenvalue weighted by Crippen LogP contribution is 2.29. The number of carboxylic acid groups (broad SMARTS) is 1. The molecule has 0 spiro atoms. The number of halogens is 3. The molecule has 0 bridgehead atoms. The zero-order valence-electron chi connectivity index (χ0n) is 7.30. The number of hydrogen-bond donors (Lipinski definition) is 1. The lowest BCUT2D eigenvalue weighted by molar-refractivity contribution is -0.201. The van der Waals surface area contributed by atoms with Crippen molar-refractivity contribution in [2.45, 2.75) is 19.5 Å². The van der Waals surface area contributed by atoms with E-state index < -0.39 is 30.5 Å². The first-order chi connectivity index (χ1) is 6.29. The molecule has 0 fully saturated rings. The van der Waals surface area contributed by atoms with Crippen LogP contribution < -0.4 is 0 Å². The van der Waals surface area contributed by atoms with Crippen molar-refractivity contribution in [3.05, 3.63) is 0 Å². The first kappa shape index (κ1) is 12.7. The second-order valence-corrected chi connectivity index (χ2v) is 2.44. The van der Waals surface area contributed by atoms with E-state index in [1.165, 1.54) is 6.92 Å². The fourth-order valence-corrected chi connectivity index (χ4v) is 0.750. The molecule has 0 rings (SSSR count). The number of alkyl halides is 3. The van der Waals surface area contributed by atoms with Gasteiger partial charge in [0.05, 0.1) is 13.0 Å². The van der Waals surface area contributed by atoms with Gasteiger partial charge in [-0.2, -0.15) is 13.2 Å². The Bertz CT molecular complexity index is 223. The lowest BCUT2D eigenvalue weighted by Gasteiger charge is -2.16. The van der Waals surface area contributed by atoms with E-state index in [4.69, 9.17) is 5.11 Å². The van der Waals surface area contributed by atoms with Crippen LogP contribution in [0.3, 0.4) is 0 Å². The normalized spacial score (nSPS) is 13.4. The molecule has 0 aromatic rings. The summed E-state index contributed by atoms with van der Waals surface area (Å²) < 4.78 is 40.4. The number of esters is 1. The van der Waals surface area contributed by atoms with Crippen molar-refractivity contribution in [2.24, 2.45) is 5.92 Å². The van der Waals surface area contributed by atoms with Crippen LogP contribution in [-0.4, -0.2) is 29.8 Å². The Morgan fingerprint density at radius 1 is 1.43 bits per heavy atom. The highest BCUT2D eigenvalue weighted by atomic mass is 19.4. The van der Waals surface area contributed by atoms with Gasteiger partial charge in [0.25, 0.3) is 0 Å². The maximum absolute atomic E-state index is 12.1. The smallest absolute Gasteiger partial charge is 0.402 e. The number of hydrogen-bond acceptors (Lipinski definition) is 3. The number of ether oxygens (including phenoxy) is 1. The zero-order valence-corrected chi connectivity index (χ0v) is 7.30. The van der Waals surface area contributed by atoms with E-state index in [-0.39, 0.29) is 6.61 Å². The monoisotopic (exact) mass is 214 g/mol. The molecule has 0 aromatic carbocycles. The lowest BCUT2D eigenvalue weighted by atomic mass is 10.1. The van der Waals surface area contributed by atoms with Crippen molar-refractivity contribution >= 4 is 11.9 Å². The first-order valence-electron chi connectivity index (χ1n) is 3.74. The van der Waals surface area contributed by atoms with Crippen molar-refractivity contribution in [3.8, 4) is 0 Å². The van der Waals surface area contributed by atoms with Gasteiger partial charge in [-0.15, -0.1) is 0 Å². The Hall–Kier alpha value is -1.27. The van der Waals surface area contributed by atoms with Gasteiger partial charge < -0.3 is 9.84 Å². The van der Waals surface area contributed by atoms with Gasteiger partial charge in [-0.05, 0) is 6.92 Å².